The molecule has 0 fully saturated rings. The van der Waals surface area contributed by atoms with E-state index in [1.807, 2.05) is 53.9 Å². The van der Waals surface area contributed by atoms with E-state index in [1.165, 1.54) is 24.3 Å². The highest BCUT2D eigenvalue weighted by Crippen LogP contribution is 2.36. The summed E-state index contributed by atoms with van der Waals surface area (Å²) in [5.41, 5.74) is 2.11. The van der Waals surface area contributed by atoms with Crippen LogP contribution in [-0.4, -0.2) is 30.1 Å². The first-order valence-electron chi connectivity index (χ1n) is 10.5. The summed E-state index contributed by atoms with van der Waals surface area (Å²) < 4.78 is 10.8. The van der Waals surface area contributed by atoms with E-state index in [0.29, 0.717) is 17.4 Å². The molecule has 0 unspecified atom stereocenters. The molecule has 33 heavy (non-hydrogen) atoms. The second-order valence-corrected chi connectivity index (χ2v) is 9.08. The van der Waals surface area contributed by atoms with Crippen molar-refractivity contribution in [1.29, 1.82) is 0 Å². The highest BCUT2D eigenvalue weighted by Gasteiger charge is 2.24. The van der Waals surface area contributed by atoms with E-state index in [4.69, 9.17) is 9.47 Å². The van der Waals surface area contributed by atoms with Gasteiger partial charge in [0.2, 0.25) is 18.6 Å². The average molecular weight is 464 g/mol. The Balaban J connectivity index is 1.38. The smallest absolute Gasteiger partial charge is 0.244 e. The van der Waals surface area contributed by atoms with Gasteiger partial charge >= 0.3 is 0 Å². The number of carbonyl (C=O) groups excluding carboxylic acids is 2. The van der Waals surface area contributed by atoms with Gasteiger partial charge in [-0.3, -0.25) is 14.5 Å². The van der Waals surface area contributed by atoms with Crippen molar-refractivity contribution in [3.8, 4) is 11.5 Å². The maximum absolute atomic E-state index is 12.4. The van der Waals surface area contributed by atoms with Gasteiger partial charge in [-0.05, 0) is 35.9 Å². The fraction of sp³-hybridized carbons (Fsp3) is 0.240. The van der Waals surface area contributed by atoms with Gasteiger partial charge in [-0.25, -0.2) is 4.98 Å². The molecule has 1 aliphatic heterocycles. The number of thiazole rings is 1. The van der Waals surface area contributed by atoms with Gasteiger partial charge in [-0.15, -0.1) is 11.3 Å². The number of aromatic nitrogens is 1. The zero-order valence-corrected chi connectivity index (χ0v) is 19.5. The number of ether oxygens (including phenoxy) is 2. The quantitative estimate of drug-likeness (QED) is 0.516. The van der Waals surface area contributed by atoms with Crippen molar-refractivity contribution in [3.63, 3.8) is 0 Å². The summed E-state index contributed by atoms with van der Waals surface area (Å²) in [6.45, 7) is 6.29. The molecule has 2 aromatic carbocycles. The van der Waals surface area contributed by atoms with Gasteiger partial charge in [0.05, 0.1) is 11.4 Å². The van der Waals surface area contributed by atoms with Crippen molar-refractivity contribution < 1.29 is 19.1 Å². The van der Waals surface area contributed by atoms with Crippen LogP contribution in [0.3, 0.4) is 0 Å². The third-order valence-electron chi connectivity index (χ3n) is 5.29. The molecule has 1 N–H and O–H groups in total. The summed E-state index contributed by atoms with van der Waals surface area (Å²) in [6.07, 6.45) is 3.10. The third-order valence-corrected chi connectivity index (χ3v) is 6.14. The standard InChI is InChI=1S/C25H25N3O4S/c1-17(29)28(20-7-5-4-6-8-20)24-27-19(14-33-24)10-12-23(30)26-15-25(2,3)18-9-11-21-22(13-18)32-16-31-21/h4-14H,15-16H2,1-3H3,(H,26,30)/b12-10+. The molecule has 0 radical (unpaired) electrons. The highest BCUT2D eigenvalue weighted by atomic mass is 32.1. The number of anilines is 2. The van der Waals surface area contributed by atoms with Crippen molar-refractivity contribution in [1.82, 2.24) is 10.3 Å². The van der Waals surface area contributed by atoms with Gasteiger partial charge in [-0.1, -0.05) is 38.1 Å². The Morgan fingerprint density at radius 2 is 1.91 bits per heavy atom. The molecule has 2 amide bonds. The second kappa shape index (κ2) is 9.46. The molecule has 4 rings (SSSR count). The first-order chi connectivity index (χ1) is 15.8. The van der Waals surface area contributed by atoms with Crippen LogP contribution in [0.5, 0.6) is 11.5 Å². The summed E-state index contributed by atoms with van der Waals surface area (Å²) in [6, 6.07) is 15.2. The summed E-state index contributed by atoms with van der Waals surface area (Å²) in [5, 5.41) is 5.31. The topological polar surface area (TPSA) is 80.8 Å². The molecule has 1 aromatic heterocycles. The lowest BCUT2D eigenvalue weighted by Gasteiger charge is -2.25. The van der Waals surface area contributed by atoms with Gasteiger partial charge in [-0.2, -0.15) is 0 Å². The molecule has 0 saturated carbocycles. The molecular formula is C25H25N3O4S. The van der Waals surface area contributed by atoms with Crippen molar-refractivity contribution in [3.05, 3.63) is 71.2 Å². The fourth-order valence-electron chi connectivity index (χ4n) is 3.41. The van der Waals surface area contributed by atoms with Crippen molar-refractivity contribution >= 4 is 40.0 Å². The van der Waals surface area contributed by atoms with Crippen LogP contribution < -0.4 is 19.7 Å². The Hall–Kier alpha value is -3.65. The lowest BCUT2D eigenvalue weighted by Crippen LogP contribution is -2.35. The van der Waals surface area contributed by atoms with E-state index < -0.39 is 0 Å². The first kappa shape index (κ1) is 22.5. The highest BCUT2D eigenvalue weighted by molar-refractivity contribution is 7.14. The molecule has 0 aliphatic carbocycles. The zero-order valence-electron chi connectivity index (χ0n) is 18.7. The lowest BCUT2D eigenvalue weighted by atomic mass is 9.84. The number of amides is 2. The van der Waals surface area contributed by atoms with Crippen LogP contribution in [0.15, 0.2) is 60.0 Å². The van der Waals surface area contributed by atoms with Crippen LogP contribution in [0.2, 0.25) is 0 Å². The van der Waals surface area contributed by atoms with E-state index in [9.17, 15) is 9.59 Å². The van der Waals surface area contributed by atoms with Crippen LogP contribution in [0.1, 0.15) is 32.0 Å². The van der Waals surface area contributed by atoms with Crippen LogP contribution in [0.25, 0.3) is 6.08 Å². The summed E-state index contributed by atoms with van der Waals surface area (Å²) in [4.78, 5) is 30.6. The molecular weight excluding hydrogens is 438 g/mol. The van der Waals surface area contributed by atoms with Crippen LogP contribution >= 0.6 is 11.3 Å². The van der Waals surface area contributed by atoms with Crippen molar-refractivity contribution in [2.45, 2.75) is 26.2 Å². The summed E-state index contributed by atoms with van der Waals surface area (Å²) in [5.74, 6) is 1.11. The van der Waals surface area contributed by atoms with E-state index >= 15 is 0 Å². The monoisotopic (exact) mass is 463 g/mol. The van der Waals surface area contributed by atoms with Crippen LogP contribution in [-0.2, 0) is 15.0 Å². The Labute approximate surface area is 196 Å². The minimum Gasteiger partial charge on any atom is -0.454 e. The number of nitrogens with zero attached hydrogens (tertiary/aromatic N) is 2. The molecule has 0 bridgehead atoms. The number of hydrogen-bond donors (Lipinski definition) is 1. The fourth-order valence-corrected chi connectivity index (χ4v) is 4.26. The summed E-state index contributed by atoms with van der Waals surface area (Å²) >= 11 is 1.35. The number of nitrogens with one attached hydrogen (secondary N) is 1. The van der Waals surface area contributed by atoms with Gasteiger partial charge < -0.3 is 14.8 Å². The predicted octanol–water partition coefficient (Wildman–Crippen LogP) is 4.66. The number of carbonyl (C=O) groups is 2. The maximum Gasteiger partial charge on any atom is 0.244 e. The van der Waals surface area contributed by atoms with Gasteiger partial charge in [0.25, 0.3) is 0 Å². The molecule has 8 heteroatoms. The maximum atomic E-state index is 12.4. The first-order valence-corrected chi connectivity index (χ1v) is 11.4. The van der Waals surface area contributed by atoms with E-state index in [-0.39, 0.29) is 24.0 Å². The minimum atomic E-state index is -0.296. The molecule has 2 heterocycles. The Morgan fingerprint density at radius 1 is 1.15 bits per heavy atom. The molecule has 0 atom stereocenters. The van der Waals surface area contributed by atoms with E-state index in [2.05, 4.69) is 24.1 Å². The third kappa shape index (κ3) is 5.23. The van der Waals surface area contributed by atoms with Crippen LogP contribution in [0, 0.1) is 0 Å². The van der Waals surface area contributed by atoms with Crippen LogP contribution in [0.4, 0.5) is 10.8 Å². The molecule has 7 nitrogen and oxygen atoms in total. The number of hydrogen-bond acceptors (Lipinski definition) is 6. The molecule has 0 spiro atoms. The molecule has 1 aliphatic rings. The van der Waals surface area contributed by atoms with E-state index in [0.717, 1.165) is 22.7 Å². The number of benzene rings is 2. The number of para-hydroxylation sites is 1. The minimum absolute atomic E-state index is 0.130. The molecule has 3 aromatic rings. The predicted molar refractivity (Wildman–Crippen MR) is 129 cm³/mol. The Kier molecular flexibility index (Phi) is 6.46. The number of rotatable bonds is 7. The Morgan fingerprint density at radius 3 is 2.67 bits per heavy atom. The zero-order chi connectivity index (χ0) is 23.4. The van der Waals surface area contributed by atoms with Gasteiger partial charge in [0, 0.05) is 30.3 Å². The average Bonchev–Trinajstić information content (AvgIpc) is 3.46. The van der Waals surface area contributed by atoms with E-state index in [1.54, 1.807) is 11.0 Å². The lowest BCUT2D eigenvalue weighted by molar-refractivity contribution is -0.117. The Bertz CT molecular complexity index is 1190. The molecule has 0 saturated heterocycles. The molecule has 170 valence electrons. The number of fused-ring (bicyclic) bond motifs is 1. The summed E-state index contributed by atoms with van der Waals surface area (Å²) in [7, 11) is 0. The normalized spacial score (nSPS) is 12.7. The van der Waals surface area contributed by atoms with Gasteiger partial charge in [0.15, 0.2) is 16.6 Å². The van der Waals surface area contributed by atoms with Crippen molar-refractivity contribution in [2.24, 2.45) is 0 Å². The van der Waals surface area contributed by atoms with Gasteiger partial charge in [0.1, 0.15) is 0 Å². The second-order valence-electron chi connectivity index (χ2n) is 8.25. The van der Waals surface area contributed by atoms with Crippen molar-refractivity contribution in [2.75, 3.05) is 18.2 Å². The SMILES string of the molecule is CC(=O)N(c1ccccc1)c1nc(/C=C/C(=O)NCC(C)(C)c2ccc3c(c2)OCO3)cs1. The largest absolute Gasteiger partial charge is 0.454 e.